The first-order chi connectivity index (χ1) is 7.14. The SMILES string of the molecule is CC(OC1CCC12CCCCC2)C(=O)O. The van der Waals surface area contributed by atoms with Crippen molar-refractivity contribution >= 4 is 5.97 Å². The van der Waals surface area contributed by atoms with Crippen molar-refractivity contribution in [2.45, 2.75) is 64.1 Å². The Morgan fingerprint density at radius 1 is 1.33 bits per heavy atom. The Balaban J connectivity index is 1.90. The van der Waals surface area contributed by atoms with Gasteiger partial charge in [0, 0.05) is 0 Å². The second-order valence-corrected chi connectivity index (χ2v) is 5.07. The molecule has 0 aromatic heterocycles. The first-order valence-electron chi connectivity index (χ1n) is 6.02. The van der Waals surface area contributed by atoms with Gasteiger partial charge in [0.05, 0.1) is 6.10 Å². The van der Waals surface area contributed by atoms with Gasteiger partial charge in [-0.2, -0.15) is 0 Å². The van der Waals surface area contributed by atoms with Crippen LogP contribution < -0.4 is 0 Å². The maximum absolute atomic E-state index is 10.7. The first-order valence-corrected chi connectivity index (χ1v) is 6.02. The second kappa shape index (κ2) is 4.12. The summed E-state index contributed by atoms with van der Waals surface area (Å²) in [4.78, 5) is 10.7. The Labute approximate surface area is 90.8 Å². The zero-order valence-electron chi connectivity index (χ0n) is 9.37. The van der Waals surface area contributed by atoms with Gasteiger partial charge in [-0.25, -0.2) is 4.79 Å². The van der Waals surface area contributed by atoms with Gasteiger partial charge in [0.1, 0.15) is 0 Å². The fourth-order valence-electron chi connectivity index (χ4n) is 3.02. The van der Waals surface area contributed by atoms with E-state index in [-0.39, 0.29) is 6.10 Å². The van der Waals surface area contributed by atoms with Crippen molar-refractivity contribution in [1.29, 1.82) is 0 Å². The van der Waals surface area contributed by atoms with Crippen molar-refractivity contribution in [3.63, 3.8) is 0 Å². The molecule has 0 aromatic rings. The molecule has 2 rings (SSSR count). The van der Waals surface area contributed by atoms with E-state index in [1.807, 2.05) is 0 Å². The molecule has 2 atom stereocenters. The van der Waals surface area contributed by atoms with Crippen LogP contribution in [-0.2, 0) is 9.53 Å². The van der Waals surface area contributed by atoms with E-state index in [9.17, 15) is 4.79 Å². The summed E-state index contributed by atoms with van der Waals surface area (Å²) in [6, 6.07) is 0. The molecule has 0 saturated heterocycles. The normalized spacial score (nSPS) is 30.9. The summed E-state index contributed by atoms with van der Waals surface area (Å²) < 4.78 is 5.64. The van der Waals surface area contributed by atoms with Crippen LogP contribution in [0.2, 0.25) is 0 Å². The van der Waals surface area contributed by atoms with Crippen molar-refractivity contribution in [3.05, 3.63) is 0 Å². The second-order valence-electron chi connectivity index (χ2n) is 5.07. The van der Waals surface area contributed by atoms with Crippen LogP contribution in [-0.4, -0.2) is 23.3 Å². The van der Waals surface area contributed by atoms with Crippen LogP contribution in [0.5, 0.6) is 0 Å². The molecule has 3 heteroatoms. The molecule has 1 N–H and O–H groups in total. The molecule has 0 aromatic carbocycles. The molecule has 2 aliphatic rings. The molecule has 0 amide bonds. The number of carboxylic acids is 1. The van der Waals surface area contributed by atoms with Crippen LogP contribution in [0.4, 0.5) is 0 Å². The average Bonchev–Trinajstić information content (AvgIpc) is 2.25. The summed E-state index contributed by atoms with van der Waals surface area (Å²) in [5.41, 5.74) is 0.349. The Morgan fingerprint density at radius 3 is 2.47 bits per heavy atom. The van der Waals surface area contributed by atoms with Gasteiger partial charge >= 0.3 is 5.97 Å². The Bertz CT molecular complexity index is 243. The highest BCUT2D eigenvalue weighted by molar-refractivity contribution is 5.71. The molecule has 0 heterocycles. The van der Waals surface area contributed by atoms with Crippen LogP contribution in [0.3, 0.4) is 0 Å². The van der Waals surface area contributed by atoms with Crippen molar-refractivity contribution in [3.8, 4) is 0 Å². The Morgan fingerprint density at radius 2 is 2.00 bits per heavy atom. The summed E-state index contributed by atoms with van der Waals surface area (Å²) in [6.45, 7) is 1.64. The highest BCUT2D eigenvalue weighted by Gasteiger charge is 2.48. The minimum absolute atomic E-state index is 0.212. The Hall–Kier alpha value is -0.570. The minimum Gasteiger partial charge on any atom is -0.479 e. The van der Waals surface area contributed by atoms with Gasteiger partial charge in [-0.05, 0) is 38.0 Å². The molecule has 15 heavy (non-hydrogen) atoms. The van der Waals surface area contributed by atoms with Gasteiger partial charge in [-0.3, -0.25) is 0 Å². The predicted octanol–water partition coefficient (Wildman–Crippen LogP) is 2.59. The molecule has 0 aliphatic heterocycles. The number of aliphatic carboxylic acids is 1. The highest BCUT2D eigenvalue weighted by Crippen LogP contribution is 2.53. The van der Waals surface area contributed by atoms with E-state index in [0.29, 0.717) is 5.41 Å². The lowest BCUT2D eigenvalue weighted by atomic mass is 9.58. The number of hydrogen-bond donors (Lipinski definition) is 1. The van der Waals surface area contributed by atoms with Gasteiger partial charge in [0.2, 0.25) is 0 Å². The third kappa shape index (κ3) is 2.03. The topological polar surface area (TPSA) is 46.5 Å². The zero-order chi connectivity index (χ0) is 10.9. The number of carbonyl (C=O) groups is 1. The van der Waals surface area contributed by atoms with Crippen molar-refractivity contribution in [1.82, 2.24) is 0 Å². The molecular weight excluding hydrogens is 192 g/mol. The van der Waals surface area contributed by atoms with Crippen LogP contribution in [0.15, 0.2) is 0 Å². The number of carboxylic acid groups (broad SMARTS) is 1. The van der Waals surface area contributed by atoms with Crippen LogP contribution in [0.25, 0.3) is 0 Å². The molecule has 2 saturated carbocycles. The smallest absolute Gasteiger partial charge is 0.332 e. The first kappa shape index (κ1) is 10.9. The van der Waals surface area contributed by atoms with E-state index in [1.54, 1.807) is 6.92 Å². The fourth-order valence-corrected chi connectivity index (χ4v) is 3.02. The Kier molecular flexibility index (Phi) is 3.01. The van der Waals surface area contributed by atoms with Crippen molar-refractivity contribution < 1.29 is 14.6 Å². The van der Waals surface area contributed by atoms with Crippen LogP contribution in [0.1, 0.15) is 51.9 Å². The van der Waals surface area contributed by atoms with E-state index in [0.717, 1.165) is 6.42 Å². The van der Waals surface area contributed by atoms with Gasteiger partial charge in [0.15, 0.2) is 6.10 Å². The predicted molar refractivity (Wildman–Crippen MR) is 56.7 cm³/mol. The van der Waals surface area contributed by atoms with E-state index in [2.05, 4.69) is 0 Å². The molecule has 86 valence electrons. The summed E-state index contributed by atoms with van der Waals surface area (Å²) in [7, 11) is 0. The van der Waals surface area contributed by atoms with Crippen LogP contribution >= 0.6 is 0 Å². The largest absolute Gasteiger partial charge is 0.479 e. The third-order valence-corrected chi connectivity index (χ3v) is 4.15. The minimum atomic E-state index is -0.840. The number of ether oxygens (including phenoxy) is 1. The lowest BCUT2D eigenvalue weighted by Crippen LogP contribution is -2.49. The van der Waals surface area contributed by atoms with E-state index >= 15 is 0 Å². The molecule has 3 nitrogen and oxygen atoms in total. The zero-order valence-corrected chi connectivity index (χ0v) is 9.37. The molecule has 0 bridgehead atoms. The standard InChI is InChI=1S/C12H20O3/c1-9(11(13)14)15-10-5-8-12(10)6-3-2-4-7-12/h9-10H,2-8H2,1H3,(H,13,14). The number of rotatable bonds is 3. The maximum Gasteiger partial charge on any atom is 0.332 e. The lowest BCUT2D eigenvalue weighted by Gasteiger charge is -2.52. The fraction of sp³-hybridized carbons (Fsp3) is 0.917. The third-order valence-electron chi connectivity index (χ3n) is 4.15. The van der Waals surface area contributed by atoms with Crippen molar-refractivity contribution in [2.24, 2.45) is 5.41 Å². The van der Waals surface area contributed by atoms with Crippen LogP contribution in [0, 0.1) is 5.41 Å². The monoisotopic (exact) mass is 212 g/mol. The number of hydrogen-bond acceptors (Lipinski definition) is 2. The van der Waals surface area contributed by atoms with E-state index in [1.165, 1.54) is 38.5 Å². The summed E-state index contributed by atoms with van der Waals surface area (Å²) in [6.07, 6.45) is 8.26. The van der Waals surface area contributed by atoms with E-state index in [4.69, 9.17) is 9.84 Å². The lowest BCUT2D eigenvalue weighted by molar-refractivity contribution is -0.178. The van der Waals surface area contributed by atoms with Gasteiger partial charge < -0.3 is 9.84 Å². The molecule has 1 spiro atoms. The summed E-state index contributed by atoms with van der Waals surface area (Å²) >= 11 is 0. The van der Waals surface area contributed by atoms with Gasteiger partial charge in [-0.15, -0.1) is 0 Å². The molecule has 2 aliphatic carbocycles. The maximum atomic E-state index is 10.7. The van der Waals surface area contributed by atoms with Gasteiger partial charge in [0.25, 0.3) is 0 Å². The highest BCUT2D eigenvalue weighted by atomic mass is 16.5. The van der Waals surface area contributed by atoms with Crippen molar-refractivity contribution in [2.75, 3.05) is 0 Å². The summed E-state index contributed by atoms with van der Waals surface area (Å²) in [5, 5.41) is 8.81. The quantitative estimate of drug-likeness (QED) is 0.782. The summed E-state index contributed by atoms with van der Waals surface area (Å²) in [5.74, 6) is -0.840. The molecule has 2 fully saturated rings. The molecular formula is C12H20O3. The van der Waals surface area contributed by atoms with Gasteiger partial charge in [-0.1, -0.05) is 19.3 Å². The van der Waals surface area contributed by atoms with E-state index < -0.39 is 12.1 Å². The molecule has 2 unspecified atom stereocenters. The average molecular weight is 212 g/mol. The molecule has 0 radical (unpaired) electrons.